The van der Waals surface area contributed by atoms with Gasteiger partial charge >= 0.3 is 5.97 Å². The van der Waals surface area contributed by atoms with Gasteiger partial charge in [0.2, 0.25) is 10.0 Å². The number of sulfonamides is 1. The first-order valence-electron chi connectivity index (χ1n) is 4.75. The summed E-state index contributed by atoms with van der Waals surface area (Å²) in [4.78, 5) is 10.7. The third-order valence-electron chi connectivity index (χ3n) is 1.90. The fourth-order valence-corrected chi connectivity index (χ4v) is 4.27. The molecule has 8 nitrogen and oxygen atoms in total. The summed E-state index contributed by atoms with van der Waals surface area (Å²) in [5.74, 6) is -2.23. The molecule has 0 heterocycles. The smallest absolute Gasteiger partial charge is 0.339 e. The molecular weight excluding hydrogens is 298 g/mol. The maximum absolute atomic E-state index is 11.5. The molecule has 0 radical (unpaired) electrons. The largest absolute Gasteiger partial charge is 0.505 e. The third kappa shape index (κ3) is 4.41. The topological polar surface area (TPSA) is 138 Å². The van der Waals surface area contributed by atoms with Crippen LogP contribution in [-0.2, 0) is 19.9 Å². The van der Waals surface area contributed by atoms with Crippen molar-refractivity contribution in [2.24, 2.45) is 0 Å². The van der Waals surface area contributed by atoms with Gasteiger partial charge in [0.1, 0.15) is 5.56 Å². The normalized spacial score (nSPS) is 12.1. The summed E-state index contributed by atoms with van der Waals surface area (Å²) in [7, 11) is -8.04. The van der Waals surface area contributed by atoms with E-state index in [1.807, 2.05) is 4.72 Å². The Hall–Kier alpha value is -1.81. The second-order valence-corrected chi connectivity index (χ2v) is 8.00. The second kappa shape index (κ2) is 5.05. The van der Waals surface area contributed by atoms with Crippen LogP contribution in [0.15, 0.2) is 18.2 Å². The van der Waals surface area contributed by atoms with Crippen molar-refractivity contribution in [1.82, 2.24) is 0 Å². The molecule has 0 fully saturated rings. The van der Waals surface area contributed by atoms with E-state index < -0.39 is 47.9 Å². The number of hydrogen-bond donors (Lipinski definition) is 3. The van der Waals surface area contributed by atoms with Gasteiger partial charge in [0.25, 0.3) is 0 Å². The first-order chi connectivity index (χ1) is 8.52. The first kappa shape index (κ1) is 15.2. The van der Waals surface area contributed by atoms with Crippen molar-refractivity contribution < 1.29 is 31.8 Å². The van der Waals surface area contributed by atoms with E-state index in [2.05, 4.69) is 0 Å². The lowest BCUT2D eigenvalue weighted by Gasteiger charge is -2.10. The number of aromatic hydroxyl groups is 1. The number of nitrogens with one attached hydrogen (secondary N) is 1. The van der Waals surface area contributed by atoms with Crippen molar-refractivity contribution in [3.05, 3.63) is 23.8 Å². The number of hydrogen-bond acceptors (Lipinski definition) is 6. The summed E-state index contributed by atoms with van der Waals surface area (Å²) in [6.07, 6.45) is 0.736. The second-order valence-electron chi connectivity index (χ2n) is 3.77. The van der Waals surface area contributed by atoms with Gasteiger partial charge in [0, 0.05) is 6.26 Å². The molecule has 1 aromatic rings. The number of carboxylic acids is 1. The SMILES string of the molecule is CS(=O)(=O)CS(=O)(=O)Nc1cccc(C(=O)O)c1O. The van der Waals surface area contributed by atoms with Crippen LogP contribution in [0.3, 0.4) is 0 Å². The van der Waals surface area contributed by atoms with Crippen LogP contribution < -0.4 is 4.72 Å². The summed E-state index contributed by atoms with van der Waals surface area (Å²) >= 11 is 0. The number of anilines is 1. The number of benzene rings is 1. The highest BCUT2D eigenvalue weighted by atomic mass is 32.3. The van der Waals surface area contributed by atoms with Gasteiger partial charge in [-0.3, -0.25) is 4.72 Å². The monoisotopic (exact) mass is 309 g/mol. The van der Waals surface area contributed by atoms with E-state index in [4.69, 9.17) is 5.11 Å². The molecule has 106 valence electrons. The number of sulfone groups is 1. The van der Waals surface area contributed by atoms with Crippen LogP contribution in [0.25, 0.3) is 0 Å². The van der Waals surface area contributed by atoms with Gasteiger partial charge in [-0.2, -0.15) is 0 Å². The molecule has 10 heteroatoms. The number of carbonyl (C=O) groups is 1. The molecule has 0 unspecified atom stereocenters. The van der Waals surface area contributed by atoms with E-state index in [0.717, 1.165) is 18.4 Å². The van der Waals surface area contributed by atoms with Gasteiger partial charge in [-0.25, -0.2) is 21.6 Å². The summed E-state index contributed by atoms with van der Waals surface area (Å²) < 4.78 is 46.7. The molecule has 19 heavy (non-hydrogen) atoms. The Bertz CT molecular complexity index is 706. The van der Waals surface area contributed by atoms with Crippen LogP contribution in [0.2, 0.25) is 0 Å². The third-order valence-corrected chi connectivity index (χ3v) is 5.39. The zero-order valence-electron chi connectivity index (χ0n) is 9.69. The van der Waals surface area contributed by atoms with Crippen molar-refractivity contribution in [2.45, 2.75) is 0 Å². The zero-order valence-corrected chi connectivity index (χ0v) is 11.3. The van der Waals surface area contributed by atoms with Crippen molar-refractivity contribution in [1.29, 1.82) is 0 Å². The minimum atomic E-state index is -4.25. The molecule has 0 saturated heterocycles. The molecule has 0 saturated carbocycles. The Balaban J connectivity index is 3.14. The number of para-hydroxylation sites is 1. The molecule has 0 amide bonds. The van der Waals surface area contributed by atoms with Gasteiger partial charge < -0.3 is 10.2 Å². The minimum absolute atomic E-state index is 0.399. The molecule has 1 rings (SSSR count). The highest BCUT2D eigenvalue weighted by Gasteiger charge is 2.21. The number of rotatable bonds is 5. The molecule has 1 aromatic carbocycles. The van der Waals surface area contributed by atoms with Crippen LogP contribution >= 0.6 is 0 Å². The fraction of sp³-hybridized carbons (Fsp3) is 0.222. The average molecular weight is 309 g/mol. The highest BCUT2D eigenvalue weighted by Crippen LogP contribution is 2.28. The van der Waals surface area contributed by atoms with E-state index in [1.165, 1.54) is 6.07 Å². The molecular formula is C9H11NO7S2. The van der Waals surface area contributed by atoms with E-state index in [9.17, 15) is 26.7 Å². The Morgan fingerprint density at radius 3 is 2.32 bits per heavy atom. The number of aromatic carboxylic acids is 1. The van der Waals surface area contributed by atoms with Crippen LogP contribution in [-0.4, -0.2) is 44.4 Å². The Kier molecular flexibility index (Phi) is 4.06. The molecule has 0 bridgehead atoms. The van der Waals surface area contributed by atoms with Gasteiger partial charge in [-0.05, 0) is 12.1 Å². The van der Waals surface area contributed by atoms with Crippen LogP contribution in [0.1, 0.15) is 10.4 Å². The Morgan fingerprint density at radius 2 is 1.84 bits per heavy atom. The molecule has 0 aromatic heterocycles. The summed E-state index contributed by atoms with van der Waals surface area (Å²) in [5, 5.41) is 17.1. The average Bonchev–Trinajstić information content (AvgIpc) is 2.16. The lowest BCUT2D eigenvalue weighted by Crippen LogP contribution is -2.22. The number of phenols is 1. The minimum Gasteiger partial charge on any atom is -0.505 e. The maximum atomic E-state index is 11.5. The van der Waals surface area contributed by atoms with Gasteiger partial charge in [-0.1, -0.05) is 6.07 Å². The molecule has 0 aliphatic heterocycles. The Labute approximate surface area is 109 Å². The van der Waals surface area contributed by atoms with Crippen molar-refractivity contribution in [3.63, 3.8) is 0 Å². The standard InChI is InChI=1S/C9H11NO7S2/c1-18(14,15)5-19(16,17)10-7-4-2-3-6(8(7)11)9(12)13/h2-4,10-11H,5H2,1H3,(H,12,13). The lowest BCUT2D eigenvalue weighted by atomic mass is 10.2. The van der Waals surface area contributed by atoms with E-state index in [1.54, 1.807) is 0 Å². The maximum Gasteiger partial charge on any atom is 0.339 e. The highest BCUT2D eigenvalue weighted by molar-refractivity contribution is 8.08. The summed E-state index contributed by atoms with van der Waals surface area (Å²) in [5.41, 5.74) is -0.900. The summed E-state index contributed by atoms with van der Waals surface area (Å²) in [6.45, 7) is 0. The lowest BCUT2D eigenvalue weighted by molar-refractivity contribution is 0.0694. The van der Waals surface area contributed by atoms with Crippen LogP contribution in [0.5, 0.6) is 5.75 Å². The van der Waals surface area contributed by atoms with Crippen molar-refractivity contribution in [3.8, 4) is 5.75 Å². The predicted octanol–water partition coefficient (Wildman–Crippen LogP) is -0.166. The molecule has 0 atom stereocenters. The van der Waals surface area contributed by atoms with Gasteiger partial charge in [-0.15, -0.1) is 0 Å². The van der Waals surface area contributed by atoms with Gasteiger partial charge in [0.05, 0.1) is 5.69 Å². The fourth-order valence-electron chi connectivity index (χ4n) is 1.28. The molecule has 0 spiro atoms. The summed E-state index contributed by atoms with van der Waals surface area (Å²) in [6, 6.07) is 3.40. The van der Waals surface area contributed by atoms with E-state index in [0.29, 0.717) is 0 Å². The van der Waals surface area contributed by atoms with Crippen molar-refractivity contribution >= 4 is 31.5 Å². The predicted molar refractivity (Wildman–Crippen MR) is 67.3 cm³/mol. The molecule has 0 aliphatic rings. The number of carboxylic acid groups (broad SMARTS) is 1. The zero-order chi connectivity index (χ0) is 14.8. The quantitative estimate of drug-likeness (QED) is 0.642. The van der Waals surface area contributed by atoms with Crippen LogP contribution in [0.4, 0.5) is 5.69 Å². The van der Waals surface area contributed by atoms with Gasteiger partial charge in [0.15, 0.2) is 20.7 Å². The van der Waals surface area contributed by atoms with E-state index >= 15 is 0 Å². The Morgan fingerprint density at radius 1 is 1.26 bits per heavy atom. The van der Waals surface area contributed by atoms with Crippen molar-refractivity contribution in [2.75, 3.05) is 16.1 Å². The van der Waals surface area contributed by atoms with E-state index in [-0.39, 0.29) is 0 Å². The first-order valence-corrected chi connectivity index (χ1v) is 8.46. The molecule has 3 N–H and O–H groups in total. The van der Waals surface area contributed by atoms with Crippen LogP contribution in [0, 0.1) is 0 Å². The molecule has 0 aliphatic carbocycles.